The fraction of sp³-hybridized carbons (Fsp3) is 0.231. The van der Waals surface area contributed by atoms with E-state index >= 15 is 0 Å². The summed E-state index contributed by atoms with van der Waals surface area (Å²) in [7, 11) is 1.68. The maximum Gasteiger partial charge on any atom is 0.264 e. The maximum absolute atomic E-state index is 13.5. The van der Waals surface area contributed by atoms with E-state index in [0.29, 0.717) is 11.3 Å². The van der Waals surface area contributed by atoms with Crippen LogP contribution in [-0.2, 0) is 9.59 Å². The summed E-state index contributed by atoms with van der Waals surface area (Å²) >= 11 is 0. The van der Waals surface area contributed by atoms with Gasteiger partial charge < -0.3 is 15.1 Å². The molecule has 1 heterocycles. The molecule has 0 spiro atoms. The third-order valence-electron chi connectivity index (χ3n) is 5.21. The Morgan fingerprint density at radius 2 is 1.39 bits per heavy atom. The summed E-state index contributed by atoms with van der Waals surface area (Å²) in [4.78, 5) is 30.6. The molecule has 3 rings (SSSR count). The zero-order valence-electron chi connectivity index (χ0n) is 18.7. The van der Waals surface area contributed by atoms with Gasteiger partial charge in [-0.1, -0.05) is 36.4 Å². The molecule has 0 atom stereocenters. The molecule has 2 aromatic carbocycles. The highest BCUT2D eigenvalue weighted by Crippen LogP contribution is 2.28. The number of hydrogen-bond acceptors (Lipinski definition) is 3. The Morgan fingerprint density at radius 1 is 0.871 bits per heavy atom. The number of rotatable bonds is 5. The standard InChI is InChI=1S/C26H29N3O2/c1-18(2)29-19(3)16-21(17-20(29)4)24(25(30)27-22-12-8-6-9-13-22)26(31)28(5)23-14-10-7-11-15-23/h6-18H,1-5H3,(H,27,30). The molecule has 1 aliphatic heterocycles. The molecule has 0 fully saturated rings. The predicted octanol–water partition coefficient (Wildman–Crippen LogP) is 5.12. The number of benzene rings is 2. The van der Waals surface area contributed by atoms with Crippen molar-refractivity contribution in [3.05, 3.63) is 95.4 Å². The first-order chi connectivity index (χ1) is 14.8. The van der Waals surface area contributed by atoms with Gasteiger partial charge in [-0.2, -0.15) is 0 Å². The minimum atomic E-state index is -0.430. The Labute approximate surface area is 184 Å². The minimum absolute atomic E-state index is 0.109. The van der Waals surface area contributed by atoms with Gasteiger partial charge in [-0.05, 0) is 69.7 Å². The molecule has 0 aliphatic carbocycles. The number of likely N-dealkylation sites (N-methyl/N-ethyl adjacent to an activating group) is 1. The number of para-hydroxylation sites is 2. The SMILES string of the molecule is CC1=CC(=C(C(=O)Nc2ccccc2)C(=O)N(C)c2ccccc2)C=C(C)N1C(C)C. The molecule has 31 heavy (non-hydrogen) atoms. The summed E-state index contributed by atoms with van der Waals surface area (Å²) in [6.45, 7) is 8.21. The number of nitrogens with zero attached hydrogens (tertiary/aromatic N) is 2. The largest absolute Gasteiger partial charge is 0.347 e. The Kier molecular flexibility index (Phi) is 6.75. The van der Waals surface area contributed by atoms with Crippen LogP contribution in [0.15, 0.2) is 95.4 Å². The number of nitrogens with one attached hydrogen (secondary N) is 1. The monoisotopic (exact) mass is 415 g/mol. The molecule has 0 saturated heterocycles. The summed E-state index contributed by atoms with van der Waals surface area (Å²) in [6.07, 6.45) is 3.81. The van der Waals surface area contributed by atoms with Crippen LogP contribution >= 0.6 is 0 Å². The van der Waals surface area contributed by atoms with Crippen LogP contribution in [0.4, 0.5) is 11.4 Å². The second-order valence-corrected chi connectivity index (χ2v) is 7.89. The van der Waals surface area contributed by atoms with Gasteiger partial charge in [-0.3, -0.25) is 9.59 Å². The molecule has 0 aromatic heterocycles. The third kappa shape index (κ3) is 4.94. The van der Waals surface area contributed by atoms with E-state index in [1.165, 1.54) is 4.90 Å². The Morgan fingerprint density at radius 3 is 1.90 bits per heavy atom. The lowest BCUT2D eigenvalue weighted by molar-refractivity contribution is -0.119. The molecule has 1 aliphatic rings. The highest BCUT2D eigenvalue weighted by atomic mass is 16.2. The van der Waals surface area contributed by atoms with Crippen molar-refractivity contribution in [1.29, 1.82) is 0 Å². The van der Waals surface area contributed by atoms with Crippen LogP contribution in [0.3, 0.4) is 0 Å². The zero-order valence-corrected chi connectivity index (χ0v) is 18.7. The van der Waals surface area contributed by atoms with Crippen LogP contribution in [0, 0.1) is 0 Å². The Bertz CT molecular complexity index is 1030. The first-order valence-electron chi connectivity index (χ1n) is 10.4. The zero-order chi connectivity index (χ0) is 22.5. The van der Waals surface area contributed by atoms with Crippen LogP contribution in [0.25, 0.3) is 0 Å². The number of hydrogen-bond donors (Lipinski definition) is 1. The number of allylic oxidation sites excluding steroid dienone is 5. The first kappa shape index (κ1) is 22.1. The lowest BCUT2D eigenvalue weighted by Gasteiger charge is -2.33. The van der Waals surface area contributed by atoms with E-state index in [9.17, 15) is 9.59 Å². The van der Waals surface area contributed by atoms with Crippen molar-refractivity contribution in [3.8, 4) is 0 Å². The van der Waals surface area contributed by atoms with Crippen LogP contribution in [0.1, 0.15) is 27.7 Å². The fourth-order valence-electron chi connectivity index (χ4n) is 3.87. The quantitative estimate of drug-likeness (QED) is 0.419. The lowest BCUT2D eigenvalue weighted by atomic mass is 9.99. The van der Waals surface area contributed by atoms with Crippen molar-refractivity contribution >= 4 is 23.2 Å². The van der Waals surface area contributed by atoms with E-state index in [4.69, 9.17) is 0 Å². The van der Waals surface area contributed by atoms with E-state index in [0.717, 1.165) is 17.1 Å². The molecule has 0 bridgehead atoms. The van der Waals surface area contributed by atoms with Crippen molar-refractivity contribution < 1.29 is 9.59 Å². The molecule has 0 saturated carbocycles. The Hall–Kier alpha value is -3.60. The van der Waals surface area contributed by atoms with Gasteiger partial charge in [-0.15, -0.1) is 0 Å². The van der Waals surface area contributed by atoms with Gasteiger partial charge in [0.15, 0.2) is 0 Å². The molecule has 1 N–H and O–H groups in total. The first-order valence-corrected chi connectivity index (χ1v) is 10.4. The normalized spacial score (nSPS) is 13.5. The summed E-state index contributed by atoms with van der Waals surface area (Å²) in [5.74, 6) is -0.791. The van der Waals surface area contributed by atoms with Gasteiger partial charge in [0.05, 0.1) is 0 Å². The number of carbonyl (C=O) groups excluding carboxylic acids is 2. The lowest BCUT2D eigenvalue weighted by Crippen LogP contribution is -2.35. The van der Waals surface area contributed by atoms with Gasteiger partial charge in [0, 0.05) is 35.9 Å². The van der Waals surface area contributed by atoms with Crippen molar-refractivity contribution in [1.82, 2.24) is 4.90 Å². The van der Waals surface area contributed by atoms with Crippen LogP contribution < -0.4 is 10.2 Å². The van der Waals surface area contributed by atoms with Crippen LogP contribution in [0.5, 0.6) is 0 Å². The molecule has 2 aromatic rings. The predicted molar refractivity (Wildman–Crippen MR) is 126 cm³/mol. The van der Waals surface area contributed by atoms with Crippen molar-refractivity contribution in [2.45, 2.75) is 33.7 Å². The van der Waals surface area contributed by atoms with Gasteiger partial charge in [0.2, 0.25) is 0 Å². The average Bonchev–Trinajstić information content (AvgIpc) is 2.74. The van der Waals surface area contributed by atoms with Gasteiger partial charge in [-0.25, -0.2) is 0 Å². The summed E-state index contributed by atoms with van der Waals surface area (Å²) in [6, 6.07) is 18.8. The smallest absolute Gasteiger partial charge is 0.264 e. The van der Waals surface area contributed by atoms with E-state index in [2.05, 4.69) is 24.1 Å². The van der Waals surface area contributed by atoms with Crippen molar-refractivity contribution in [2.24, 2.45) is 0 Å². The van der Waals surface area contributed by atoms with Gasteiger partial charge in [0.25, 0.3) is 11.8 Å². The van der Waals surface area contributed by atoms with Gasteiger partial charge >= 0.3 is 0 Å². The molecule has 5 nitrogen and oxygen atoms in total. The minimum Gasteiger partial charge on any atom is -0.347 e. The number of carbonyl (C=O) groups is 2. The highest BCUT2D eigenvalue weighted by molar-refractivity contribution is 6.27. The van der Waals surface area contributed by atoms with Crippen LogP contribution in [-0.4, -0.2) is 29.8 Å². The molecular formula is C26H29N3O2. The third-order valence-corrected chi connectivity index (χ3v) is 5.21. The molecule has 160 valence electrons. The Balaban J connectivity index is 2.07. The van der Waals surface area contributed by atoms with E-state index < -0.39 is 5.91 Å². The molecule has 0 unspecified atom stereocenters. The topological polar surface area (TPSA) is 52.7 Å². The number of amides is 2. The number of anilines is 2. The second kappa shape index (κ2) is 9.47. The van der Waals surface area contributed by atoms with E-state index in [1.54, 1.807) is 19.2 Å². The maximum atomic E-state index is 13.5. The summed E-state index contributed by atoms with van der Waals surface area (Å²) in [5.41, 5.74) is 4.06. The molecule has 2 amide bonds. The second-order valence-electron chi connectivity index (χ2n) is 7.89. The van der Waals surface area contributed by atoms with Crippen LogP contribution in [0.2, 0.25) is 0 Å². The van der Waals surface area contributed by atoms with Gasteiger partial charge in [0.1, 0.15) is 5.57 Å². The van der Waals surface area contributed by atoms with Crippen molar-refractivity contribution in [3.63, 3.8) is 0 Å². The molecule has 5 heteroatoms. The van der Waals surface area contributed by atoms with E-state index in [-0.39, 0.29) is 17.5 Å². The molecular weight excluding hydrogens is 386 g/mol. The summed E-state index contributed by atoms with van der Waals surface area (Å²) in [5, 5.41) is 2.87. The van der Waals surface area contributed by atoms with E-state index in [1.807, 2.05) is 74.5 Å². The molecule has 0 radical (unpaired) electrons. The fourth-order valence-corrected chi connectivity index (χ4v) is 3.87. The average molecular weight is 416 g/mol. The highest BCUT2D eigenvalue weighted by Gasteiger charge is 2.28. The van der Waals surface area contributed by atoms with Crippen molar-refractivity contribution in [2.75, 3.05) is 17.3 Å². The summed E-state index contributed by atoms with van der Waals surface area (Å²) < 4.78 is 0.